The number of rotatable bonds is 3. The molecule has 104 valence electrons. The van der Waals surface area contributed by atoms with Crippen LogP contribution < -0.4 is 9.47 Å². The van der Waals surface area contributed by atoms with E-state index in [0.29, 0.717) is 6.54 Å². The average molecular weight is 263 g/mol. The molecule has 0 radical (unpaired) electrons. The number of nitrogens with zero attached hydrogens (tertiary/aromatic N) is 1. The molecule has 0 aromatic heterocycles. The van der Waals surface area contributed by atoms with Gasteiger partial charge in [0.2, 0.25) is 5.91 Å². The number of carbonyl (C=O) groups excluding carboxylic acids is 1. The summed E-state index contributed by atoms with van der Waals surface area (Å²) in [4.78, 5) is 14.0. The number of hydrogen-bond acceptors (Lipinski definition) is 3. The van der Waals surface area contributed by atoms with Gasteiger partial charge in [0.15, 0.2) is 11.5 Å². The van der Waals surface area contributed by atoms with Crippen molar-refractivity contribution < 1.29 is 14.3 Å². The van der Waals surface area contributed by atoms with Gasteiger partial charge in [-0.25, -0.2) is 0 Å². The van der Waals surface area contributed by atoms with E-state index in [0.717, 1.165) is 29.9 Å². The molecule has 1 aliphatic rings. The predicted octanol–water partition coefficient (Wildman–Crippen LogP) is 2.24. The first kappa shape index (κ1) is 13.7. The lowest BCUT2D eigenvalue weighted by atomic mass is 9.94. The molecule has 0 N–H and O–H groups in total. The number of fused-ring (bicyclic) bond motifs is 1. The van der Waals surface area contributed by atoms with Crippen LogP contribution in [-0.2, 0) is 17.8 Å². The maximum absolute atomic E-state index is 12.2. The molecule has 0 saturated heterocycles. The molecule has 4 nitrogen and oxygen atoms in total. The molecule has 1 aromatic rings. The Labute approximate surface area is 114 Å². The van der Waals surface area contributed by atoms with Gasteiger partial charge in [-0.05, 0) is 36.1 Å². The van der Waals surface area contributed by atoms with E-state index in [1.54, 1.807) is 19.1 Å². The van der Waals surface area contributed by atoms with Crippen molar-refractivity contribution in [1.29, 1.82) is 0 Å². The van der Waals surface area contributed by atoms with Crippen molar-refractivity contribution in [2.24, 2.45) is 5.92 Å². The zero-order valence-electron chi connectivity index (χ0n) is 12.0. The quantitative estimate of drug-likeness (QED) is 0.839. The van der Waals surface area contributed by atoms with Crippen molar-refractivity contribution in [1.82, 2.24) is 4.90 Å². The predicted molar refractivity (Wildman–Crippen MR) is 73.5 cm³/mol. The molecular weight excluding hydrogens is 242 g/mol. The Bertz CT molecular complexity index is 485. The molecule has 0 spiro atoms. The van der Waals surface area contributed by atoms with Gasteiger partial charge < -0.3 is 14.4 Å². The van der Waals surface area contributed by atoms with Gasteiger partial charge in [-0.15, -0.1) is 0 Å². The highest BCUT2D eigenvalue weighted by Crippen LogP contribution is 2.34. The number of methoxy groups -OCH3 is 2. The zero-order valence-corrected chi connectivity index (χ0v) is 12.0. The van der Waals surface area contributed by atoms with Crippen molar-refractivity contribution >= 4 is 5.91 Å². The van der Waals surface area contributed by atoms with Crippen LogP contribution in [0.15, 0.2) is 12.1 Å². The van der Waals surface area contributed by atoms with Crippen LogP contribution in [0.4, 0.5) is 0 Å². The summed E-state index contributed by atoms with van der Waals surface area (Å²) < 4.78 is 10.7. The maximum atomic E-state index is 12.2. The van der Waals surface area contributed by atoms with Gasteiger partial charge in [-0.1, -0.05) is 6.92 Å². The first-order valence-electron chi connectivity index (χ1n) is 6.59. The Morgan fingerprint density at radius 3 is 2.32 bits per heavy atom. The molecule has 19 heavy (non-hydrogen) atoms. The number of hydrogen-bond donors (Lipinski definition) is 0. The van der Waals surface area contributed by atoms with Gasteiger partial charge >= 0.3 is 0 Å². The van der Waals surface area contributed by atoms with Crippen LogP contribution in [0.3, 0.4) is 0 Å². The lowest BCUT2D eigenvalue weighted by molar-refractivity contribution is -0.134. The van der Waals surface area contributed by atoms with Crippen molar-refractivity contribution in [2.75, 3.05) is 21.3 Å². The highest BCUT2D eigenvalue weighted by molar-refractivity contribution is 5.79. The van der Waals surface area contributed by atoms with Gasteiger partial charge in [-0.2, -0.15) is 0 Å². The fraction of sp³-hybridized carbons (Fsp3) is 0.533. The molecule has 1 heterocycles. The summed E-state index contributed by atoms with van der Waals surface area (Å²) in [6.45, 7) is 2.69. The first-order chi connectivity index (χ1) is 9.10. The van der Waals surface area contributed by atoms with Crippen LogP contribution in [0.2, 0.25) is 0 Å². The second kappa shape index (κ2) is 5.51. The number of benzene rings is 1. The van der Waals surface area contributed by atoms with Crippen molar-refractivity contribution in [3.05, 3.63) is 23.3 Å². The second-order valence-electron chi connectivity index (χ2n) is 4.98. The van der Waals surface area contributed by atoms with E-state index in [4.69, 9.17) is 9.47 Å². The molecule has 0 unspecified atom stereocenters. The molecule has 0 aliphatic carbocycles. The lowest BCUT2D eigenvalue weighted by Crippen LogP contribution is -2.30. The molecule has 0 bridgehead atoms. The van der Waals surface area contributed by atoms with E-state index >= 15 is 0 Å². The minimum atomic E-state index is 0.0596. The SMILES string of the molecule is CC[C@H]1Cc2cc(OC)c(OC)cc2CN(C)C1=O. The summed E-state index contributed by atoms with van der Waals surface area (Å²) in [6.07, 6.45) is 1.63. The van der Waals surface area contributed by atoms with E-state index < -0.39 is 0 Å². The Balaban J connectivity index is 2.46. The Morgan fingerprint density at radius 2 is 1.79 bits per heavy atom. The van der Waals surface area contributed by atoms with Gasteiger partial charge in [0, 0.05) is 19.5 Å². The summed E-state index contributed by atoms with van der Waals surface area (Å²) >= 11 is 0. The first-order valence-corrected chi connectivity index (χ1v) is 6.59. The summed E-state index contributed by atoms with van der Waals surface area (Å²) in [5, 5.41) is 0. The third-order valence-electron chi connectivity index (χ3n) is 3.80. The number of amides is 1. The highest BCUT2D eigenvalue weighted by atomic mass is 16.5. The van der Waals surface area contributed by atoms with Gasteiger partial charge in [0.05, 0.1) is 14.2 Å². The van der Waals surface area contributed by atoms with E-state index in [1.165, 1.54) is 5.56 Å². The van der Waals surface area contributed by atoms with Crippen LogP contribution in [-0.4, -0.2) is 32.1 Å². The minimum Gasteiger partial charge on any atom is -0.493 e. The number of carbonyl (C=O) groups is 1. The minimum absolute atomic E-state index is 0.0596. The average Bonchev–Trinajstić information content (AvgIpc) is 2.54. The Morgan fingerprint density at radius 1 is 1.21 bits per heavy atom. The molecule has 0 fully saturated rings. The molecule has 1 amide bonds. The summed E-state index contributed by atoms with van der Waals surface area (Å²) in [5.74, 6) is 1.73. The molecule has 4 heteroatoms. The monoisotopic (exact) mass is 263 g/mol. The second-order valence-corrected chi connectivity index (χ2v) is 4.98. The van der Waals surface area contributed by atoms with Crippen LogP contribution in [0.25, 0.3) is 0 Å². The summed E-state index contributed by atoms with van der Waals surface area (Å²) in [5.41, 5.74) is 2.33. The standard InChI is InChI=1S/C15H21NO3/c1-5-10-6-11-7-13(18-3)14(19-4)8-12(11)9-16(2)15(10)17/h7-8,10H,5-6,9H2,1-4H3/t10-/m0/s1. The fourth-order valence-electron chi connectivity index (χ4n) is 2.62. The van der Waals surface area contributed by atoms with E-state index in [-0.39, 0.29) is 11.8 Å². The third-order valence-corrected chi connectivity index (χ3v) is 3.80. The van der Waals surface area contributed by atoms with Crippen LogP contribution in [0, 0.1) is 5.92 Å². The van der Waals surface area contributed by atoms with Crippen LogP contribution >= 0.6 is 0 Å². The van der Waals surface area contributed by atoms with Gasteiger partial charge in [0.25, 0.3) is 0 Å². The van der Waals surface area contributed by atoms with Gasteiger partial charge in [0.1, 0.15) is 0 Å². The van der Waals surface area contributed by atoms with Crippen molar-refractivity contribution in [3.63, 3.8) is 0 Å². The van der Waals surface area contributed by atoms with Gasteiger partial charge in [-0.3, -0.25) is 4.79 Å². The Kier molecular flexibility index (Phi) is 3.98. The van der Waals surface area contributed by atoms with Crippen molar-refractivity contribution in [2.45, 2.75) is 26.3 Å². The normalized spacial score (nSPS) is 18.8. The molecule has 1 aromatic carbocycles. The van der Waals surface area contributed by atoms with E-state index in [9.17, 15) is 4.79 Å². The van der Waals surface area contributed by atoms with E-state index in [1.807, 2.05) is 19.2 Å². The largest absolute Gasteiger partial charge is 0.493 e. The van der Waals surface area contributed by atoms with Crippen LogP contribution in [0.1, 0.15) is 24.5 Å². The molecule has 1 aliphatic heterocycles. The maximum Gasteiger partial charge on any atom is 0.226 e. The zero-order chi connectivity index (χ0) is 14.0. The molecular formula is C15H21NO3. The highest BCUT2D eigenvalue weighted by Gasteiger charge is 2.27. The molecule has 1 atom stereocenters. The van der Waals surface area contributed by atoms with Crippen molar-refractivity contribution in [3.8, 4) is 11.5 Å². The fourth-order valence-corrected chi connectivity index (χ4v) is 2.62. The van der Waals surface area contributed by atoms with Crippen LogP contribution in [0.5, 0.6) is 11.5 Å². The smallest absolute Gasteiger partial charge is 0.226 e. The Hall–Kier alpha value is -1.71. The summed E-state index contributed by atoms with van der Waals surface area (Å²) in [6, 6.07) is 3.99. The van der Waals surface area contributed by atoms with E-state index in [2.05, 4.69) is 6.92 Å². The topological polar surface area (TPSA) is 38.8 Å². The third kappa shape index (κ3) is 2.53. The lowest BCUT2D eigenvalue weighted by Gasteiger charge is -2.18. The number of ether oxygens (including phenoxy) is 2. The molecule has 0 saturated carbocycles. The molecule has 2 rings (SSSR count). The summed E-state index contributed by atoms with van der Waals surface area (Å²) in [7, 11) is 5.12.